The van der Waals surface area contributed by atoms with Crippen molar-refractivity contribution < 1.29 is 4.79 Å². The lowest BCUT2D eigenvalue weighted by Crippen LogP contribution is -2.41. The van der Waals surface area contributed by atoms with Crippen LogP contribution in [0.25, 0.3) is 11.0 Å². The van der Waals surface area contributed by atoms with Crippen molar-refractivity contribution in [3.05, 3.63) is 84.0 Å². The minimum atomic E-state index is -0.333. The van der Waals surface area contributed by atoms with Gasteiger partial charge in [0.15, 0.2) is 0 Å². The lowest BCUT2D eigenvalue weighted by atomic mass is 9.98. The number of benzene rings is 1. The molecule has 1 amide bonds. The van der Waals surface area contributed by atoms with Crippen LogP contribution in [-0.4, -0.2) is 42.3 Å². The molecule has 0 fully saturated rings. The van der Waals surface area contributed by atoms with Crippen molar-refractivity contribution >= 4 is 16.9 Å². The van der Waals surface area contributed by atoms with Gasteiger partial charge in [0, 0.05) is 37.3 Å². The summed E-state index contributed by atoms with van der Waals surface area (Å²) in [6.45, 7) is 0.575. The number of amides is 1. The maximum absolute atomic E-state index is 13.5. The molecule has 1 aromatic carbocycles. The summed E-state index contributed by atoms with van der Waals surface area (Å²) in [6, 6.07) is 10.9. The molecule has 0 radical (unpaired) electrons. The van der Waals surface area contributed by atoms with Crippen molar-refractivity contribution in [2.24, 2.45) is 0 Å². The number of pyridine rings is 1. The van der Waals surface area contributed by atoms with Gasteiger partial charge in [0.05, 0.1) is 28.8 Å². The van der Waals surface area contributed by atoms with Crippen molar-refractivity contribution in [3.8, 4) is 0 Å². The Kier molecular flexibility index (Phi) is 3.64. The van der Waals surface area contributed by atoms with Gasteiger partial charge in [-0.15, -0.1) is 0 Å². The first-order chi connectivity index (χ1) is 13.3. The third-order valence-corrected chi connectivity index (χ3v) is 4.88. The van der Waals surface area contributed by atoms with Crippen molar-refractivity contribution in [1.82, 2.24) is 29.8 Å². The van der Waals surface area contributed by atoms with E-state index in [9.17, 15) is 4.79 Å². The van der Waals surface area contributed by atoms with Gasteiger partial charge in [-0.3, -0.25) is 19.7 Å². The van der Waals surface area contributed by atoms with E-state index in [0.717, 1.165) is 23.5 Å². The van der Waals surface area contributed by atoms with E-state index in [4.69, 9.17) is 0 Å². The zero-order chi connectivity index (χ0) is 18.2. The Morgan fingerprint density at radius 3 is 2.81 bits per heavy atom. The minimum Gasteiger partial charge on any atom is -0.348 e. The third kappa shape index (κ3) is 2.55. The number of carbonyl (C=O) groups excluding carboxylic acids is 1. The number of imidazole rings is 1. The van der Waals surface area contributed by atoms with Crippen molar-refractivity contribution in [3.63, 3.8) is 0 Å². The number of para-hydroxylation sites is 1. The Hall–Kier alpha value is -3.61. The number of aromatic amines is 1. The highest BCUT2D eigenvalue weighted by atomic mass is 16.2. The van der Waals surface area contributed by atoms with Crippen molar-refractivity contribution in [2.75, 3.05) is 6.54 Å². The fraction of sp³-hybridized carbons (Fsp3) is 0.150. The number of hydrogen-bond acceptors (Lipinski definition) is 5. The average Bonchev–Trinajstić information content (AvgIpc) is 3.21. The highest BCUT2D eigenvalue weighted by Crippen LogP contribution is 2.33. The van der Waals surface area contributed by atoms with Crippen LogP contribution in [0.1, 0.15) is 33.5 Å². The molecule has 0 aliphatic carbocycles. The predicted octanol–water partition coefficient (Wildman–Crippen LogP) is 2.54. The summed E-state index contributed by atoms with van der Waals surface area (Å²) in [5.74, 6) is -0.0922. The largest absolute Gasteiger partial charge is 0.348 e. The summed E-state index contributed by atoms with van der Waals surface area (Å²) < 4.78 is 0. The maximum atomic E-state index is 13.5. The Morgan fingerprint density at radius 1 is 1.00 bits per heavy atom. The molecule has 1 N–H and O–H groups in total. The van der Waals surface area contributed by atoms with Gasteiger partial charge in [-0.2, -0.15) is 0 Å². The van der Waals surface area contributed by atoms with Gasteiger partial charge in [0.2, 0.25) is 0 Å². The SMILES string of the molecule is O=C(c1cccc2nccnc12)N1CCc2[nH]cnc2C1c1ccccn1. The summed E-state index contributed by atoms with van der Waals surface area (Å²) in [7, 11) is 0. The van der Waals surface area contributed by atoms with Gasteiger partial charge in [-0.05, 0) is 24.3 Å². The van der Waals surface area contributed by atoms with Crippen LogP contribution in [0.2, 0.25) is 0 Å². The molecular weight excluding hydrogens is 340 g/mol. The number of H-pyrrole nitrogens is 1. The first-order valence-corrected chi connectivity index (χ1v) is 8.76. The Bertz CT molecular complexity index is 1120. The Morgan fingerprint density at radius 2 is 1.93 bits per heavy atom. The summed E-state index contributed by atoms with van der Waals surface area (Å²) in [5.41, 5.74) is 4.55. The van der Waals surface area contributed by atoms with E-state index >= 15 is 0 Å². The summed E-state index contributed by atoms with van der Waals surface area (Å²) in [6.07, 6.45) is 7.38. The van der Waals surface area contributed by atoms with Crippen LogP contribution >= 0.6 is 0 Å². The second-order valence-corrected chi connectivity index (χ2v) is 6.40. The van der Waals surface area contributed by atoms with E-state index in [1.807, 2.05) is 35.2 Å². The molecule has 4 heterocycles. The lowest BCUT2D eigenvalue weighted by Gasteiger charge is -2.34. The van der Waals surface area contributed by atoms with Crippen LogP contribution in [0, 0.1) is 0 Å². The van der Waals surface area contributed by atoms with Crippen molar-refractivity contribution in [2.45, 2.75) is 12.5 Å². The molecule has 27 heavy (non-hydrogen) atoms. The van der Waals surface area contributed by atoms with Gasteiger partial charge < -0.3 is 9.88 Å². The molecule has 7 heteroatoms. The van der Waals surface area contributed by atoms with Gasteiger partial charge in [0.25, 0.3) is 5.91 Å². The Balaban J connectivity index is 1.63. The van der Waals surface area contributed by atoms with Crippen LogP contribution in [0.15, 0.2) is 61.3 Å². The van der Waals surface area contributed by atoms with E-state index in [-0.39, 0.29) is 11.9 Å². The van der Waals surface area contributed by atoms with Gasteiger partial charge >= 0.3 is 0 Å². The second-order valence-electron chi connectivity index (χ2n) is 6.40. The van der Waals surface area contributed by atoms with Crippen LogP contribution in [0.5, 0.6) is 0 Å². The number of nitrogens with one attached hydrogen (secondary N) is 1. The number of nitrogens with zero attached hydrogens (tertiary/aromatic N) is 5. The monoisotopic (exact) mass is 356 g/mol. The highest BCUT2D eigenvalue weighted by Gasteiger charge is 2.35. The van der Waals surface area contributed by atoms with E-state index in [1.165, 1.54) is 0 Å². The van der Waals surface area contributed by atoms with Crippen LogP contribution in [0.3, 0.4) is 0 Å². The number of rotatable bonds is 2. The first kappa shape index (κ1) is 15.6. The molecule has 0 saturated heterocycles. The molecule has 1 aliphatic heterocycles. The van der Waals surface area contributed by atoms with Gasteiger partial charge in [-0.25, -0.2) is 4.98 Å². The van der Waals surface area contributed by atoms with Crippen molar-refractivity contribution in [1.29, 1.82) is 0 Å². The number of carbonyl (C=O) groups is 1. The number of aromatic nitrogens is 5. The molecule has 1 unspecified atom stereocenters. The smallest absolute Gasteiger partial charge is 0.257 e. The summed E-state index contributed by atoms with van der Waals surface area (Å²) in [4.78, 5) is 36.2. The molecule has 0 saturated carbocycles. The maximum Gasteiger partial charge on any atom is 0.257 e. The number of hydrogen-bond donors (Lipinski definition) is 1. The molecule has 1 aliphatic rings. The van der Waals surface area contributed by atoms with Gasteiger partial charge in [-0.1, -0.05) is 12.1 Å². The standard InChI is InChI=1S/C20H16N6O/c27-20(13-4-3-6-14-17(13)23-10-9-22-14)26-11-7-15-18(25-12-24-15)19(26)16-5-1-2-8-21-16/h1-6,8-10,12,19H,7,11H2,(H,24,25). The van der Waals surface area contributed by atoms with Crippen LogP contribution < -0.4 is 0 Å². The van der Waals surface area contributed by atoms with E-state index < -0.39 is 0 Å². The number of fused-ring (bicyclic) bond motifs is 2. The Labute approximate surface area is 155 Å². The molecule has 0 bridgehead atoms. The lowest BCUT2D eigenvalue weighted by molar-refractivity contribution is 0.0689. The zero-order valence-corrected chi connectivity index (χ0v) is 14.4. The van der Waals surface area contributed by atoms with E-state index in [2.05, 4.69) is 24.9 Å². The predicted molar refractivity (Wildman–Crippen MR) is 98.9 cm³/mol. The molecule has 7 nitrogen and oxygen atoms in total. The minimum absolute atomic E-state index is 0.0922. The zero-order valence-electron chi connectivity index (χ0n) is 14.4. The molecule has 0 spiro atoms. The van der Waals surface area contributed by atoms with Crippen LogP contribution in [0.4, 0.5) is 0 Å². The average molecular weight is 356 g/mol. The quantitative estimate of drug-likeness (QED) is 0.596. The fourth-order valence-electron chi connectivity index (χ4n) is 3.65. The molecule has 132 valence electrons. The normalized spacial score (nSPS) is 16.3. The van der Waals surface area contributed by atoms with E-state index in [1.54, 1.807) is 31.0 Å². The topological polar surface area (TPSA) is 87.7 Å². The molecule has 3 aromatic heterocycles. The summed E-state index contributed by atoms with van der Waals surface area (Å²) in [5, 5.41) is 0. The summed E-state index contributed by atoms with van der Waals surface area (Å²) >= 11 is 0. The highest BCUT2D eigenvalue weighted by molar-refractivity contribution is 6.05. The van der Waals surface area contributed by atoms with E-state index in [0.29, 0.717) is 23.1 Å². The van der Waals surface area contributed by atoms with Gasteiger partial charge in [0.1, 0.15) is 11.6 Å². The third-order valence-electron chi connectivity index (χ3n) is 4.88. The molecular formula is C20H16N6O. The fourth-order valence-corrected chi connectivity index (χ4v) is 3.65. The van der Waals surface area contributed by atoms with Crippen LogP contribution in [-0.2, 0) is 6.42 Å². The molecule has 4 aromatic rings. The first-order valence-electron chi connectivity index (χ1n) is 8.76. The molecule has 5 rings (SSSR count). The molecule has 1 atom stereocenters. The second kappa shape index (κ2) is 6.28.